The molecule has 0 aliphatic heterocycles. The van der Waals surface area contributed by atoms with Gasteiger partial charge >= 0.3 is 5.97 Å². The Morgan fingerprint density at radius 3 is 2.34 bits per heavy atom. The number of carbonyl (C=O) groups is 2. The van der Waals surface area contributed by atoms with Gasteiger partial charge in [0.2, 0.25) is 0 Å². The van der Waals surface area contributed by atoms with Crippen molar-refractivity contribution >= 4 is 52.4 Å². The van der Waals surface area contributed by atoms with Gasteiger partial charge in [-0.25, -0.2) is 4.79 Å². The first kappa shape index (κ1) is 22.8. The van der Waals surface area contributed by atoms with Crippen molar-refractivity contribution in [3.8, 4) is 11.8 Å². The van der Waals surface area contributed by atoms with Crippen molar-refractivity contribution in [2.24, 2.45) is 0 Å². The number of esters is 1. The molecule has 0 aromatic heterocycles. The minimum Gasteiger partial charge on any atom is -0.494 e. The molecule has 152 valence electrons. The van der Waals surface area contributed by atoms with Crippen LogP contribution in [0.1, 0.15) is 23.7 Å². The van der Waals surface area contributed by atoms with Crippen LogP contribution in [0.3, 0.4) is 0 Å². The maximum Gasteiger partial charge on any atom is 0.341 e. The lowest BCUT2D eigenvalue weighted by Gasteiger charge is -2.22. The van der Waals surface area contributed by atoms with Crippen LogP contribution in [0.2, 0.25) is 15.1 Å². The molecule has 29 heavy (non-hydrogen) atoms. The number of carbonyl (C=O) groups excluding carboxylic acids is 2. The molecule has 9 heteroatoms. The first-order valence-electron chi connectivity index (χ1n) is 8.59. The molecule has 0 unspecified atom stereocenters. The van der Waals surface area contributed by atoms with Gasteiger partial charge in [-0.05, 0) is 43.3 Å². The van der Waals surface area contributed by atoms with Crippen molar-refractivity contribution in [3.05, 3.63) is 57.0 Å². The zero-order valence-corrected chi connectivity index (χ0v) is 17.7. The van der Waals surface area contributed by atoms with Gasteiger partial charge in [0, 0.05) is 12.2 Å². The molecule has 2 rings (SSSR count). The molecule has 0 atom stereocenters. The van der Waals surface area contributed by atoms with E-state index in [1.54, 1.807) is 24.3 Å². The second kappa shape index (κ2) is 10.9. The van der Waals surface area contributed by atoms with E-state index in [4.69, 9.17) is 49.5 Å². The second-order valence-corrected chi connectivity index (χ2v) is 6.87. The Morgan fingerprint density at radius 1 is 1.07 bits per heavy atom. The van der Waals surface area contributed by atoms with Crippen molar-refractivity contribution in [2.75, 3.05) is 24.7 Å². The molecule has 0 radical (unpaired) electrons. The first-order chi connectivity index (χ1) is 13.9. The number of nitrogens with zero attached hydrogens (tertiary/aromatic N) is 2. The standard InChI is InChI=1S/C20H17Cl3N2O4/c1-2-28-14-6-4-13(5-7-14)25(11-3-10-24)17(26)12-29-20(27)18-15(21)8-9-16(22)19(18)23/h4-9H,2-3,11-12H2,1H3. The molecule has 6 nitrogen and oxygen atoms in total. The SMILES string of the molecule is CCOc1ccc(N(CCC#N)C(=O)COC(=O)c2c(Cl)ccc(Cl)c2Cl)cc1. The third kappa shape index (κ3) is 6.01. The molecule has 0 fully saturated rings. The van der Waals surface area contributed by atoms with E-state index in [0.29, 0.717) is 18.0 Å². The van der Waals surface area contributed by atoms with Gasteiger partial charge in [0.15, 0.2) is 6.61 Å². The molecule has 0 N–H and O–H groups in total. The number of amides is 1. The first-order valence-corrected chi connectivity index (χ1v) is 9.73. The van der Waals surface area contributed by atoms with E-state index >= 15 is 0 Å². The summed E-state index contributed by atoms with van der Waals surface area (Å²) in [4.78, 5) is 26.3. The highest BCUT2D eigenvalue weighted by Crippen LogP contribution is 2.32. The van der Waals surface area contributed by atoms with Crippen LogP contribution < -0.4 is 9.64 Å². The molecule has 0 saturated heterocycles. The van der Waals surface area contributed by atoms with Crippen LogP contribution in [0.25, 0.3) is 0 Å². The van der Waals surface area contributed by atoms with Crippen LogP contribution in [0, 0.1) is 11.3 Å². The van der Waals surface area contributed by atoms with Crippen molar-refractivity contribution in [1.82, 2.24) is 0 Å². The zero-order chi connectivity index (χ0) is 21.4. The van der Waals surface area contributed by atoms with E-state index in [1.165, 1.54) is 17.0 Å². The molecule has 0 bridgehead atoms. The predicted octanol–water partition coefficient (Wildman–Crippen LogP) is 5.15. The highest BCUT2D eigenvalue weighted by molar-refractivity contribution is 6.46. The van der Waals surface area contributed by atoms with Crippen molar-refractivity contribution in [2.45, 2.75) is 13.3 Å². The van der Waals surface area contributed by atoms with Crippen LogP contribution in [-0.4, -0.2) is 31.6 Å². The molecule has 2 aromatic rings. The molecule has 0 spiro atoms. The molecular weight excluding hydrogens is 439 g/mol. The highest BCUT2D eigenvalue weighted by atomic mass is 35.5. The van der Waals surface area contributed by atoms with Gasteiger partial charge in [-0.3, -0.25) is 4.79 Å². The average Bonchev–Trinajstić information content (AvgIpc) is 2.71. The summed E-state index contributed by atoms with van der Waals surface area (Å²) in [5.41, 5.74) is 0.432. The van der Waals surface area contributed by atoms with E-state index in [1.807, 2.05) is 13.0 Å². The van der Waals surface area contributed by atoms with Crippen LogP contribution in [0.5, 0.6) is 5.75 Å². The van der Waals surface area contributed by atoms with Gasteiger partial charge in [0.05, 0.1) is 39.7 Å². The maximum atomic E-state index is 12.6. The van der Waals surface area contributed by atoms with E-state index in [0.717, 1.165) is 0 Å². The Labute approximate surface area is 183 Å². The molecular formula is C20H17Cl3N2O4. The number of benzene rings is 2. The van der Waals surface area contributed by atoms with E-state index in [9.17, 15) is 9.59 Å². The molecule has 2 aromatic carbocycles. The normalized spacial score (nSPS) is 10.2. The quantitative estimate of drug-likeness (QED) is 0.406. The molecule has 0 aliphatic rings. The maximum absolute atomic E-state index is 12.6. The van der Waals surface area contributed by atoms with Gasteiger partial charge in [-0.2, -0.15) is 5.26 Å². The fraction of sp³-hybridized carbons (Fsp3) is 0.250. The summed E-state index contributed by atoms with van der Waals surface area (Å²) >= 11 is 17.9. The number of hydrogen-bond donors (Lipinski definition) is 0. The fourth-order valence-corrected chi connectivity index (χ4v) is 3.12. The zero-order valence-electron chi connectivity index (χ0n) is 15.5. The second-order valence-electron chi connectivity index (χ2n) is 5.67. The Hall–Kier alpha value is -2.46. The lowest BCUT2D eigenvalue weighted by Crippen LogP contribution is -2.35. The summed E-state index contributed by atoms with van der Waals surface area (Å²) in [6, 6.07) is 11.6. The Bertz CT molecular complexity index is 927. The van der Waals surface area contributed by atoms with Crippen LogP contribution in [0.4, 0.5) is 5.69 Å². The Kier molecular flexibility index (Phi) is 8.59. The molecule has 0 heterocycles. The van der Waals surface area contributed by atoms with Gasteiger partial charge in [0.25, 0.3) is 5.91 Å². The number of anilines is 1. The number of nitriles is 1. The molecule has 0 aliphatic carbocycles. The summed E-state index contributed by atoms with van der Waals surface area (Å²) < 4.78 is 10.5. The Morgan fingerprint density at radius 2 is 1.72 bits per heavy atom. The number of halogens is 3. The number of hydrogen-bond acceptors (Lipinski definition) is 5. The monoisotopic (exact) mass is 454 g/mol. The van der Waals surface area contributed by atoms with Gasteiger partial charge in [-0.15, -0.1) is 0 Å². The summed E-state index contributed by atoms with van der Waals surface area (Å²) in [6.45, 7) is 1.96. The number of rotatable bonds is 8. The van der Waals surface area contributed by atoms with E-state index in [-0.39, 0.29) is 33.6 Å². The summed E-state index contributed by atoms with van der Waals surface area (Å²) in [5, 5.41) is 9.02. The van der Waals surface area contributed by atoms with Gasteiger partial charge in [-0.1, -0.05) is 34.8 Å². The minimum absolute atomic E-state index is 0.0514. The van der Waals surface area contributed by atoms with E-state index < -0.39 is 18.5 Å². The van der Waals surface area contributed by atoms with Gasteiger partial charge in [0.1, 0.15) is 5.75 Å². The lowest BCUT2D eigenvalue weighted by atomic mass is 10.2. The molecule has 1 amide bonds. The van der Waals surface area contributed by atoms with Crippen molar-refractivity contribution in [3.63, 3.8) is 0 Å². The third-order valence-electron chi connectivity index (χ3n) is 3.78. The van der Waals surface area contributed by atoms with Crippen LogP contribution in [-0.2, 0) is 9.53 Å². The predicted molar refractivity (Wildman–Crippen MR) is 112 cm³/mol. The smallest absolute Gasteiger partial charge is 0.341 e. The van der Waals surface area contributed by atoms with Crippen LogP contribution in [0.15, 0.2) is 36.4 Å². The number of ether oxygens (including phenoxy) is 2. The fourth-order valence-electron chi connectivity index (χ4n) is 2.44. The highest BCUT2D eigenvalue weighted by Gasteiger charge is 2.22. The lowest BCUT2D eigenvalue weighted by molar-refractivity contribution is -0.121. The molecule has 0 saturated carbocycles. The van der Waals surface area contributed by atoms with Gasteiger partial charge < -0.3 is 14.4 Å². The summed E-state index contributed by atoms with van der Waals surface area (Å²) in [5.74, 6) is -0.726. The third-order valence-corrected chi connectivity index (χ3v) is 4.90. The van der Waals surface area contributed by atoms with Crippen LogP contribution >= 0.6 is 34.8 Å². The summed E-state index contributed by atoms with van der Waals surface area (Å²) in [6.07, 6.45) is 0.110. The summed E-state index contributed by atoms with van der Waals surface area (Å²) in [7, 11) is 0. The van der Waals surface area contributed by atoms with E-state index in [2.05, 4.69) is 0 Å². The van der Waals surface area contributed by atoms with Crippen molar-refractivity contribution in [1.29, 1.82) is 5.26 Å². The Balaban J connectivity index is 2.13. The largest absolute Gasteiger partial charge is 0.494 e. The minimum atomic E-state index is -0.872. The van der Waals surface area contributed by atoms with Crippen molar-refractivity contribution < 1.29 is 19.1 Å². The topological polar surface area (TPSA) is 79.6 Å². The average molecular weight is 456 g/mol.